The van der Waals surface area contributed by atoms with Crippen LogP contribution in [0.25, 0.3) is 0 Å². The first-order valence-electron chi connectivity index (χ1n) is 2.50. The van der Waals surface area contributed by atoms with Crippen LogP contribution in [0.15, 0.2) is 12.5 Å². The highest BCUT2D eigenvalue weighted by molar-refractivity contribution is 4.95. The summed E-state index contributed by atoms with van der Waals surface area (Å²) in [5.41, 5.74) is 6.39. The molecule has 0 fully saturated rings. The minimum Gasteiger partial charge on any atom is -0.337 e. The van der Waals surface area contributed by atoms with E-state index in [9.17, 15) is 0 Å². The lowest BCUT2D eigenvalue weighted by molar-refractivity contribution is 0.820. The molecule has 0 spiro atoms. The van der Waals surface area contributed by atoms with Crippen molar-refractivity contribution in [2.45, 2.75) is 6.54 Å². The van der Waals surface area contributed by atoms with Gasteiger partial charge in [-0.3, -0.25) is 0 Å². The fourth-order valence-corrected chi connectivity index (χ4v) is 0.581. The van der Waals surface area contributed by atoms with Gasteiger partial charge in [0.1, 0.15) is 0 Å². The van der Waals surface area contributed by atoms with Crippen LogP contribution in [0.4, 0.5) is 0 Å². The van der Waals surface area contributed by atoms with Crippen molar-refractivity contribution in [2.24, 2.45) is 12.8 Å². The first-order valence-corrected chi connectivity index (χ1v) is 2.50. The summed E-state index contributed by atoms with van der Waals surface area (Å²) in [4.78, 5) is 3.88. The molecule has 0 aliphatic rings. The maximum absolute atomic E-state index is 5.33. The molecule has 1 aromatic heterocycles. The number of aromatic nitrogens is 2. The number of hydrogen-bond donors (Lipinski definition) is 1. The quantitative estimate of drug-likeness (QED) is 0.549. The molecule has 0 bridgehead atoms. The lowest BCUT2D eigenvalue weighted by atomic mass is 10.5. The molecule has 8 heavy (non-hydrogen) atoms. The van der Waals surface area contributed by atoms with Crippen molar-refractivity contribution in [1.82, 2.24) is 9.55 Å². The lowest BCUT2D eigenvalue weighted by Gasteiger charge is -1.93. The monoisotopic (exact) mass is 111 g/mol. The van der Waals surface area contributed by atoms with Gasteiger partial charge in [-0.05, 0) is 0 Å². The fraction of sp³-hybridized carbons (Fsp3) is 0.400. The van der Waals surface area contributed by atoms with Crippen LogP contribution in [0.3, 0.4) is 0 Å². The summed E-state index contributed by atoms with van der Waals surface area (Å²) in [6.07, 6.45) is 3.50. The van der Waals surface area contributed by atoms with Crippen LogP contribution in [0.1, 0.15) is 5.69 Å². The Kier molecular flexibility index (Phi) is 1.30. The zero-order valence-corrected chi connectivity index (χ0v) is 4.83. The summed E-state index contributed by atoms with van der Waals surface area (Å²) in [6, 6.07) is 0. The Morgan fingerprint density at radius 1 is 1.88 bits per heavy atom. The SMILES string of the molecule is Cn1cncc1CN. The second-order valence-electron chi connectivity index (χ2n) is 1.70. The number of nitrogens with zero attached hydrogens (tertiary/aromatic N) is 2. The largest absolute Gasteiger partial charge is 0.337 e. The fourth-order valence-electron chi connectivity index (χ4n) is 0.581. The topological polar surface area (TPSA) is 43.8 Å². The van der Waals surface area contributed by atoms with E-state index in [-0.39, 0.29) is 0 Å². The number of aryl methyl sites for hydroxylation is 1. The van der Waals surface area contributed by atoms with E-state index in [1.807, 2.05) is 11.6 Å². The van der Waals surface area contributed by atoms with Gasteiger partial charge in [-0.25, -0.2) is 4.98 Å². The smallest absolute Gasteiger partial charge is 0.0945 e. The molecule has 1 rings (SSSR count). The van der Waals surface area contributed by atoms with Crippen LogP contribution in [0, 0.1) is 0 Å². The van der Waals surface area contributed by atoms with Gasteiger partial charge in [0, 0.05) is 19.8 Å². The van der Waals surface area contributed by atoms with Gasteiger partial charge in [0.15, 0.2) is 0 Å². The summed E-state index contributed by atoms with van der Waals surface area (Å²) in [5, 5.41) is 0. The standard InChI is InChI=1S/C5H9N3/c1-8-4-7-3-5(8)2-6/h3-4H,2,6H2,1H3. The van der Waals surface area contributed by atoms with E-state index in [2.05, 4.69) is 4.98 Å². The highest BCUT2D eigenvalue weighted by atomic mass is 15.0. The van der Waals surface area contributed by atoms with E-state index >= 15 is 0 Å². The van der Waals surface area contributed by atoms with E-state index in [1.165, 1.54) is 0 Å². The molecule has 44 valence electrons. The highest BCUT2D eigenvalue weighted by Gasteiger charge is 1.90. The molecule has 0 aromatic carbocycles. The summed E-state index contributed by atoms with van der Waals surface area (Å²) in [6.45, 7) is 0.566. The number of rotatable bonds is 1. The normalized spacial score (nSPS) is 9.75. The van der Waals surface area contributed by atoms with Gasteiger partial charge in [0.25, 0.3) is 0 Å². The zero-order chi connectivity index (χ0) is 5.98. The Balaban J connectivity index is 2.92. The van der Waals surface area contributed by atoms with E-state index in [4.69, 9.17) is 5.73 Å². The maximum atomic E-state index is 5.33. The predicted molar refractivity (Wildman–Crippen MR) is 31.1 cm³/mol. The van der Waals surface area contributed by atoms with E-state index in [0.29, 0.717) is 6.54 Å². The molecule has 0 atom stereocenters. The molecule has 3 nitrogen and oxygen atoms in total. The van der Waals surface area contributed by atoms with Gasteiger partial charge in [0.2, 0.25) is 0 Å². The average molecular weight is 111 g/mol. The third-order valence-corrected chi connectivity index (χ3v) is 1.13. The summed E-state index contributed by atoms with van der Waals surface area (Å²) in [5.74, 6) is 0. The number of nitrogens with two attached hydrogens (primary N) is 1. The molecule has 0 amide bonds. The molecule has 0 saturated heterocycles. The molecule has 0 unspecified atom stereocenters. The molecular weight excluding hydrogens is 102 g/mol. The van der Waals surface area contributed by atoms with Gasteiger partial charge in [-0.1, -0.05) is 0 Å². The van der Waals surface area contributed by atoms with Crippen molar-refractivity contribution in [3.8, 4) is 0 Å². The molecule has 0 saturated carbocycles. The third kappa shape index (κ3) is 0.721. The Morgan fingerprint density at radius 3 is 2.88 bits per heavy atom. The van der Waals surface area contributed by atoms with Crippen LogP contribution in [-0.4, -0.2) is 9.55 Å². The molecule has 3 heteroatoms. The molecule has 2 N–H and O–H groups in total. The van der Waals surface area contributed by atoms with Crippen molar-refractivity contribution in [3.05, 3.63) is 18.2 Å². The summed E-state index contributed by atoms with van der Waals surface area (Å²) >= 11 is 0. The van der Waals surface area contributed by atoms with Gasteiger partial charge >= 0.3 is 0 Å². The van der Waals surface area contributed by atoms with Crippen LogP contribution in [-0.2, 0) is 13.6 Å². The zero-order valence-electron chi connectivity index (χ0n) is 4.83. The number of imidazole rings is 1. The summed E-state index contributed by atoms with van der Waals surface area (Å²) in [7, 11) is 1.93. The summed E-state index contributed by atoms with van der Waals surface area (Å²) < 4.78 is 1.90. The molecule has 0 radical (unpaired) electrons. The minimum atomic E-state index is 0.566. The van der Waals surface area contributed by atoms with E-state index in [0.717, 1.165) is 5.69 Å². The van der Waals surface area contributed by atoms with E-state index < -0.39 is 0 Å². The molecule has 0 aliphatic carbocycles. The molecule has 0 aliphatic heterocycles. The molecule has 1 heterocycles. The first kappa shape index (κ1) is 5.31. The third-order valence-electron chi connectivity index (χ3n) is 1.13. The van der Waals surface area contributed by atoms with E-state index in [1.54, 1.807) is 12.5 Å². The van der Waals surface area contributed by atoms with Crippen molar-refractivity contribution in [2.75, 3.05) is 0 Å². The van der Waals surface area contributed by atoms with Gasteiger partial charge < -0.3 is 10.3 Å². The second kappa shape index (κ2) is 1.96. The Labute approximate surface area is 48.1 Å². The average Bonchev–Trinajstić information content (AvgIpc) is 2.14. The van der Waals surface area contributed by atoms with Crippen molar-refractivity contribution >= 4 is 0 Å². The Bertz CT molecular complexity index is 168. The van der Waals surface area contributed by atoms with Crippen molar-refractivity contribution in [1.29, 1.82) is 0 Å². The van der Waals surface area contributed by atoms with Gasteiger partial charge in [0.05, 0.1) is 12.0 Å². The van der Waals surface area contributed by atoms with Crippen molar-refractivity contribution in [3.63, 3.8) is 0 Å². The maximum Gasteiger partial charge on any atom is 0.0945 e. The van der Waals surface area contributed by atoms with Gasteiger partial charge in [-0.15, -0.1) is 0 Å². The highest BCUT2D eigenvalue weighted by Crippen LogP contribution is 1.91. The van der Waals surface area contributed by atoms with Crippen LogP contribution in [0.5, 0.6) is 0 Å². The van der Waals surface area contributed by atoms with Crippen LogP contribution in [0.2, 0.25) is 0 Å². The second-order valence-corrected chi connectivity index (χ2v) is 1.70. The first-order chi connectivity index (χ1) is 3.84. The predicted octanol–water partition coefficient (Wildman–Crippen LogP) is -0.121. The van der Waals surface area contributed by atoms with Crippen molar-refractivity contribution < 1.29 is 0 Å². The lowest BCUT2D eigenvalue weighted by Crippen LogP contribution is -2.01. The molecule has 1 aromatic rings. The Hall–Kier alpha value is -0.830. The minimum absolute atomic E-state index is 0.566. The van der Waals surface area contributed by atoms with Crippen LogP contribution >= 0.6 is 0 Å². The Morgan fingerprint density at radius 2 is 2.62 bits per heavy atom. The van der Waals surface area contributed by atoms with Crippen LogP contribution < -0.4 is 5.73 Å². The number of hydrogen-bond acceptors (Lipinski definition) is 2. The van der Waals surface area contributed by atoms with Gasteiger partial charge in [-0.2, -0.15) is 0 Å². The molecular formula is C5H9N3.